The Hall–Kier alpha value is -7.33. The van der Waals surface area contributed by atoms with Gasteiger partial charge in [0.15, 0.2) is 0 Å². The van der Waals surface area contributed by atoms with E-state index in [1.165, 1.54) is 49.7 Å². The molecule has 0 bridgehead atoms. The number of hydrogen-bond acceptors (Lipinski definition) is 3. The summed E-state index contributed by atoms with van der Waals surface area (Å²) in [6.45, 7) is 40.7. The number of phenols is 1. The Morgan fingerprint density at radius 3 is 1.60 bits per heavy atom. The number of pyridine rings is 1. The molecule has 432 valence electrons. The molecule has 0 saturated heterocycles. The molecule has 0 aliphatic rings. The molecule has 11 rings (SSSR count). The van der Waals surface area contributed by atoms with E-state index in [2.05, 4.69) is 304 Å². The third-order valence-electron chi connectivity index (χ3n) is 16.9. The molecule has 0 aliphatic carbocycles. The Labute approximate surface area is 514 Å². The number of aromatic hydroxyl groups is 1. The molecule has 5 nitrogen and oxygen atoms in total. The molecule has 0 aliphatic heterocycles. The summed E-state index contributed by atoms with van der Waals surface area (Å²) in [6, 6.07) is 64.1. The number of imidazole rings is 1. The third kappa shape index (κ3) is 11.3. The first-order valence-corrected chi connectivity index (χ1v) is 29.7. The van der Waals surface area contributed by atoms with Crippen LogP contribution in [0.4, 0.5) is 0 Å². The first-order valence-electron chi connectivity index (χ1n) is 29.7. The van der Waals surface area contributed by atoms with Crippen molar-refractivity contribution in [3.8, 4) is 73.2 Å². The van der Waals surface area contributed by atoms with Crippen LogP contribution in [0.25, 0.3) is 100 Å². The van der Waals surface area contributed by atoms with Gasteiger partial charge in [-0.1, -0.05) is 227 Å². The van der Waals surface area contributed by atoms with Crippen molar-refractivity contribution in [3.05, 3.63) is 209 Å². The Morgan fingerprint density at radius 2 is 0.952 bits per heavy atom. The zero-order chi connectivity index (χ0) is 59.5. The Bertz CT molecular complexity index is 4290. The number of phenolic OH excluding ortho intramolecular Hbond substituents is 1. The van der Waals surface area contributed by atoms with E-state index >= 15 is 0 Å². The molecular formula is C78H83N4OPt-. The van der Waals surface area contributed by atoms with Crippen molar-refractivity contribution in [2.75, 3.05) is 0 Å². The second-order valence-electron chi connectivity index (χ2n) is 29.4. The molecule has 6 heteroatoms. The van der Waals surface area contributed by atoms with Crippen molar-refractivity contribution in [1.29, 1.82) is 0 Å². The van der Waals surface area contributed by atoms with Gasteiger partial charge >= 0.3 is 0 Å². The molecule has 0 unspecified atom stereocenters. The van der Waals surface area contributed by atoms with Gasteiger partial charge in [0.25, 0.3) is 0 Å². The van der Waals surface area contributed by atoms with Gasteiger partial charge in [0.1, 0.15) is 11.6 Å². The quantitative estimate of drug-likeness (QED) is 0.162. The van der Waals surface area contributed by atoms with Crippen molar-refractivity contribution >= 4 is 32.8 Å². The van der Waals surface area contributed by atoms with E-state index in [4.69, 9.17) is 9.97 Å². The first-order chi connectivity index (χ1) is 38.8. The molecular weight excluding hydrogens is 1200 g/mol. The van der Waals surface area contributed by atoms with Crippen LogP contribution in [0.3, 0.4) is 0 Å². The average Bonchev–Trinajstić information content (AvgIpc) is 1.63. The predicted octanol–water partition coefficient (Wildman–Crippen LogP) is 21.1. The zero-order valence-electron chi connectivity index (χ0n) is 52.7. The molecule has 0 fully saturated rings. The van der Waals surface area contributed by atoms with Crippen LogP contribution in [-0.4, -0.2) is 24.2 Å². The molecule has 3 heterocycles. The summed E-state index contributed by atoms with van der Waals surface area (Å²) in [4.78, 5) is 10.9. The van der Waals surface area contributed by atoms with E-state index in [9.17, 15) is 5.11 Å². The van der Waals surface area contributed by atoms with Crippen LogP contribution in [0.1, 0.15) is 158 Å². The Kier molecular flexibility index (Phi) is 15.2. The van der Waals surface area contributed by atoms with Crippen LogP contribution in [0.15, 0.2) is 170 Å². The molecule has 8 aromatic carbocycles. The van der Waals surface area contributed by atoms with Crippen molar-refractivity contribution in [1.82, 2.24) is 19.1 Å². The maximum absolute atomic E-state index is 12.7. The van der Waals surface area contributed by atoms with Crippen LogP contribution in [0.5, 0.6) is 5.75 Å². The fourth-order valence-electron chi connectivity index (χ4n) is 11.7. The molecule has 0 spiro atoms. The van der Waals surface area contributed by atoms with E-state index < -0.39 is 0 Å². The van der Waals surface area contributed by atoms with Crippen LogP contribution in [0, 0.1) is 6.07 Å². The van der Waals surface area contributed by atoms with Gasteiger partial charge < -0.3 is 9.67 Å². The Morgan fingerprint density at radius 1 is 0.393 bits per heavy atom. The summed E-state index contributed by atoms with van der Waals surface area (Å²) in [6.07, 6.45) is 1.94. The number of fused-ring (bicyclic) bond motifs is 4. The molecule has 84 heavy (non-hydrogen) atoms. The number of nitrogens with zero attached hydrogens (tertiary/aromatic N) is 4. The van der Waals surface area contributed by atoms with E-state index in [1.54, 1.807) is 0 Å². The average molecular weight is 1290 g/mol. The third-order valence-corrected chi connectivity index (χ3v) is 16.9. The van der Waals surface area contributed by atoms with Crippen molar-refractivity contribution in [3.63, 3.8) is 0 Å². The van der Waals surface area contributed by atoms with Crippen molar-refractivity contribution in [2.45, 2.75) is 157 Å². The molecule has 0 radical (unpaired) electrons. The topological polar surface area (TPSA) is 55.9 Å². The Balaban J connectivity index is 0.00000786. The van der Waals surface area contributed by atoms with Crippen LogP contribution in [-0.2, 0) is 53.6 Å². The summed E-state index contributed by atoms with van der Waals surface area (Å²) in [7, 11) is 0. The fourth-order valence-corrected chi connectivity index (χ4v) is 11.7. The second kappa shape index (κ2) is 21.3. The normalized spacial score (nSPS) is 12.8. The molecule has 0 atom stereocenters. The standard InChI is InChI=1S/C78H83N4O.Pt/c1-73(2,3)53-32-34-67(61(45-53)48-25-20-19-21-26-48)82-69-30-24-28-59(70(69)80-72(82)63-46-57(77(13,14)15)47-64(71(63)83)78(16,17)18)51-37-52(39-54(38-51)74(4,5)6)65-41-50(35-36-79-65)49-31-33-68-62(40-49)60-27-22-23-29-66(60)81(68)58-43-55(75(7,8)9)42-56(44-58)76(10,11)12;/h19-36,38-47,83H,1-18H3;/q-1;. The van der Waals surface area contributed by atoms with Gasteiger partial charge in [-0.2, -0.15) is 0 Å². The summed E-state index contributed by atoms with van der Waals surface area (Å²) in [5, 5.41) is 15.2. The van der Waals surface area contributed by atoms with Gasteiger partial charge in [-0.3, -0.25) is 9.55 Å². The summed E-state index contributed by atoms with van der Waals surface area (Å²) in [5.41, 5.74) is 21.2. The first kappa shape index (κ1) is 59.8. The van der Waals surface area contributed by atoms with Crippen LogP contribution >= 0.6 is 0 Å². The maximum atomic E-state index is 12.7. The van der Waals surface area contributed by atoms with Gasteiger partial charge in [0, 0.05) is 60.5 Å². The maximum Gasteiger partial charge on any atom is 0.148 e. The minimum Gasteiger partial charge on any atom is -0.507 e. The summed E-state index contributed by atoms with van der Waals surface area (Å²) in [5.74, 6) is 0.924. The smallest absolute Gasteiger partial charge is 0.148 e. The summed E-state index contributed by atoms with van der Waals surface area (Å²) < 4.78 is 4.75. The fraction of sp³-hybridized carbons (Fsp3) is 0.308. The van der Waals surface area contributed by atoms with E-state index in [0.717, 1.165) is 72.5 Å². The van der Waals surface area contributed by atoms with E-state index in [0.29, 0.717) is 11.4 Å². The number of benzene rings is 8. The van der Waals surface area contributed by atoms with E-state index in [1.807, 2.05) is 6.20 Å². The predicted molar refractivity (Wildman–Crippen MR) is 353 cm³/mol. The number of rotatable bonds is 7. The SMILES string of the molecule is CC(C)(C)c1cc(-c2cc(-c3ccc4c(c3)c3ccccc3n4-c3cc(C(C)(C)C)cc(C(C)(C)C)c3)ccn2)[c-]c(-c2cccc3c2nc(-c2cc(C(C)(C)C)cc(C(C)(C)C)c2O)n3-c2ccc(C(C)(C)C)cc2-c2ccccc2)c1.[Pt]. The number of hydrogen-bond donors (Lipinski definition) is 1. The van der Waals surface area contributed by atoms with Crippen LogP contribution < -0.4 is 0 Å². The molecule has 3 aromatic heterocycles. The minimum atomic E-state index is -0.348. The van der Waals surface area contributed by atoms with Crippen molar-refractivity contribution < 1.29 is 26.2 Å². The molecule has 11 aromatic rings. The van der Waals surface area contributed by atoms with Gasteiger partial charge in [0.05, 0.1) is 33.3 Å². The zero-order valence-corrected chi connectivity index (χ0v) is 55.0. The summed E-state index contributed by atoms with van der Waals surface area (Å²) >= 11 is 0. The van der Waals surface area contributed by atoms with Gasteiger partial charge in [0.2, 0.25) is 0 Å². The van der Waals surface area contributed by atoms with Crippen LogP contribution in [0.2, 0.25) is 0 Å². The van der Waals surface area contributed by atoms with Gasteiger partial charge in [-0.15, -0.1) is 29.3 Å². The number of para-hydroxylation sites is 2. The molecule has 1 N–H and O–H groups in total. The second-order valence-corrected chi connectivity index (χ2v) is 29.4. The largest absolute Gasteiger partial charge is 0.507 e. The van der Waals surface area contributed by atoms with Gasteiger partial charge in [-0.25, -0.2) is 4.98 Å². The molecule has 0 saturated carbocycles. The monoisotopic (exact) mass is 1290 g/mol. The number of aromatic nitrogens is 4. The van der Waals surface area contributed by atoms with Gasteiger partial charge in [-0.05, 0) is 132 Å². The van der Waals surface area contributed by atoms with Crippen molar-refractivity contribution in [2.24, 2.45) is 0 Å². The minimum absolute atomic E-state index is 0. The molecule has 0 amide bonds. The van der Waals surface area contributed by atoms with E-state index in [-0.39, 0.29) is 59.3 Å².